The van der Waals surface area contributed by atoms with Gasteiger partial charge in [0.05, 0.1) is 15.5 Å². The van der Waals surface area contributed by atoms with Gasteiger partial charge in [0.2, 0.25) is 0 Å². The van der Waals surface area contributed by atoms with Crippen molar-refractivity contribution < 1.29 is 0 Å². The van der Waals surface area contributed by atoms with E-state index >= 15 is 0 Å². The van der Waals surface area contributed by atoms with E-state index in [0.717, 1.165) is 8.26 Å². The summed E-state index contributed by atoms with van der Waals surface area (Å²) in [5.41, 5.74) is 1.29. The predicted octanol–water partition coefficient (Wildman–Crippen LogP) is 5.87. The van der Waals surface area contributed by atoms with Gasteiger partial charge < -0.3 is 5.32 Å². The molecule has 2 nitrogen and oxygen atoms in total. The van der Waals surface area contributed by atoms with Crippen molar-refractivity contribution in [3.8, 4) is 0 Å². The highest BCUT2D eigenvalue weighted by atomic mass is 79.9. The number of thiophene rings is 1. The van der Waals surface area contributed by atoms with Gasteiger partial charge in [-0.15, -0.1) is 22.7 Å². The number of nitrogens with zero attached hydrogens (tertiary/aromatic N) is 1. The molecule has 1 N–H and O–H groups in total. The standard InChI is InChI=1S/C15H18Br2N2S2/c1-15(2,3)11-7-20-14(19-11)12(18-8-4-5-8)10-6-9(16)13(17)21-10/h6-8,12,18H,4-5H2,1-3H3. The third kappa shape index (κ3) is 3.78. The van der Waals surface area contributed by atoms with E-state index in [2.05, 4.69) is 69.4 Å². The van der Waals surface area contributed by atoms with E-state index in [4.69, 9.17) is 4.98 Å². The monoisotopic (exact) mass is 448 g/mol. The molecule has 2 aromatic heterocycles. The summed E-state index contributed by atoms with van der Waals surface area (Å²) in [6, 6.07) is 3.07. The molecule has 0 bridgehead atoms. The summed E-state index contributed by atoms with van der Waals surface area (Å²) >= 11 is 10.7. The van der Waals surface area contributed by atoms with Gasteiger partial charge in [-0.2, -0.15) is 0 Å². The van der Waals surface area contributed by atoms with E-state index in [9.17, 15) is 0 Å². The minimum absolute atomic E-state index is 0.107. The average molecular weight is 450 g/mol. The van der Waals surface area contributed by atoms with E-state index in [1.165, 1.54) is 28.4 Å². The van der Waals surface area contributed by atoms with Gasteiger partial charge >= 0.3 is 0 Å². The molecule has 6 heteroatoms. The van der Waals surface area contributed by atoms with E-state index in [-0.39, 0.29) is 11.5 Å². The maximum absolute atomic E-state index is 4.91. The van der Waals surface area contributed by atoms with Crippen LogP contribution in [0.4, 0.5) is 0 Å². The maximum Gasteiger partial charge on any atom is 0.115 e. The number of aromatic nitrogens is 1. The van der Waals surface area contributed by atoms with E-state index in [0.29, 0.717) is 6.04 Å². The summed E-state index contributed by atoms with van der Waals surface area (Å²) in [5.74, 6) is 0. The first-order valence-corrected chi connectivity index (χ1v) is 10.3. The molecule has 0 saturated heterocycles. The van der Waals surface area contributed by atoms with Crippen LogP contribution >= 0.6 is 54.5 Å². The van der Waals surface area contributed by atoms with Gasteiger partial charge in [-0.25, -0.2) is 4.98 Å². The third-order valence-electron chi connectivity index (χ3n) is 3.47. The summed E-state index contributed by atoms with van der Waals surface area (Å²) in [7, 11) is 0. The second-order valence-electron chi connectivity index (χ2n) is 6.47. The number of thiazole rings is 1. The second-order valence-corrected chi connectivity index (χ2v) is 10.6. The molecule has 0 aromatic carbocycles. The van der Waals surface area contributed by atoms with Gasteiger partial charge in [0.25, 0.3) is 0 Å². The van der Waals surface area contributed by atoms with Gasteiger partial charge in [-0.05, 0) is 50.8 Å². The molecule has 0 aliphatic heterocycles. The molecule has 0 amide bonds. The van der Waals surface area contributed by atoms with Crippen LogP contribution < -0.4 is 5.32 Å². The molecule has 1 aliphatic carbocycles. The lowest BCUT2D eigenvalue weighted by molar-refractivity contribution is 0.559. The Bertz CT molecular complexity index is 619. The smallest absolute Gasteiger partial charge is 0.115 e. The predicted molar refractivity (Wildman–Crippen MR) is 98.5 cm³/mol. The van der Waals surface area contributed by atoms with Crippen LogP contribution in [0, 0.1) is 0 Å². The Kier molecular flexibility index (Phi) is 4.64. The molecule has 0 radical (unpaired) electrons. The summed E-state index contributed by atoms with van der Waals surface area (Å²) in [4.78, 5) is 6.23. The van der Waals surface area contributed by atoms with Crippen molar-refractivity contribution >= 4 is 54.5 Å². The Hall–Kier alpha value is 0.250. The average Bonchev–Trinajstić information content (AvgIpc) is 2.95. The molecule has 2 heterocycles. The summed E-state index contributed by atoms with van der Waals surface area (Å²) in [5, 5.41) is 7.12. The minimum atomic E-state index is 0.107. The van der Waals surface area contributed by atoms with Crippen molar-refractivity contribution in [1.82, 2.24) is 10.3 Å². The summed E-state index contributed by atoms with van der Waals surface area (Å²) < 4.78 is 2.27. The first-order chi connectivity index (χ1) is 9.84. The van der Waals surface area contributed by atoms with E-state index < -0.39 is 0 Å². The van der Waals surface area contributed by atoms with Crippen LogP contribution in [-0.2, 0) is 5.41 Å². The molecule has 1 saturated carbocycles. The zero-order valence-electron chi connectivity index (χ0n) is 12.2. The Labute approximate surface area is 150 Å². The lowest BCUT2D eigenvalue weighted by Gasteiger charge is -2.16. The largest absolute Gasteiger partial charge is 0.301 e. The zero-order valence-corrected chi connectivity index (χ0v) is 17.0. The van der Waals surface area contributed by atoms with Gasteiger partial charge in [0.1, 0.15) is 5.01 Å². The summed E-state index contributed by atoms with van der Waals surface area (Å²) in [6.07, 6.45) is 2.56. The fourth-order valence-electron chi connectivity index (χ4n) is 2.03. The highest BCUT2D eigenvalue weighted by Gasteiger charge is 2.30. The number of nitrogens with one attached hydrogen (secondary N) is 1. The molecule has 2 aromatic rings. The third-order valence-corrected chi connectivity index (χ3v) is 7.70. The lowest BCUT2D eigenvalue weighted by atomic mass is 9.93. The Morgan fingerprint density at radius 2 is 2.05 bits per heavy atom. The molecule has 1 unspecified atom stereocenters. The lowest BCUT2D eigenvalue weighted by Crippen LogP contribution is -2.24. The number of rotatable bonds is 4. The highest BCUT2D eigenvalue weighted by molar-refractivity contribution is 9.13. The van der Waals surface area contributed by atoms with Crippen LogP contribution in [-0.4, -0.2) is 11.0 Å². The normalized spacial score (nSPS) is 17.2. The molecular weight excluding hydrogens is 432 g/mol. The fraction of sp³-hybridized carbons (Fsp3) is 0.533. The molecular formula is C15H18Br2N2S2. The Balaban J connectivity index is 1.93. The van der Waals surface area contributed by atoms with Crippen LogP contribution in [0.3, 0.4) is 0 Å². The van der Waals surface area contributed by atoms with Crippen LogP contribution in [0.25, 0.3) is 0 Å². The van der Waals surface area contributed by atoms with Crippen molar-refractivity contribution in [2.24, 2.45) is 0 Å². The van der Waals surface area contributed by atoms with Crippen LogP contribution in [0.15, 0.2) is 19.7 Å². The number of halogens is 2. The maximum atomic E-state index is 4.91. The second kappa shape index (κ2) is 6.04. The molecule has 114 valence electrons. The molecule has 0 spiro atoms. The number of hydrogen-bond donors (Lipinski definition) is 1. The minimum Gasteiger partial charge on any atom is -0.301 e. The van der Waals surface area contributed by atoms with Crippen LogP contribution in [0.2, 0.25) is 0 Å². The first-order valence-electron chi connectivity index (χ1n) is 7.01. The fourth-order valence-corrected chi connectivity index (χ4v) is 5.38. The van der Waals surface area contributed by atoms with Crippen LogP contribution in [0.1, 0.15) is 55.2 Å². The van der Waals surface area contributed by atoms with E-state index in [1.54, 1.807) is 22.7 Å². The van der Waals surface area contributed by atoms with Crippen molar-refractivity contribution in [1.29, 1.82) is 0 Å². The summed E-state index contributed by atoms with van der Waals surface area (Å²) in [6.45, 7) is 6.65. The van der Waals surface area contributed by atoms with E-state index in [1.807, 2.05) is 0 Å². The Morgan fingerprint density at radius 1 is 1.33 bits per heavy atom. The van der Waals surface area contributed by atoms with Crippen molar-refractivity contribution in [3.63, 3.8) is 0 Å². The van der Waals surface area contributed by atoms with Gasteiger partial charge in [-0.3, -0.25) is 0 Å². The van der Waals surface area contributed by atoms with Gasteiger partial charge in [0, 0.05) is 26.2 Å². The first kappa shape index (κ1) is 16.1. The van der Waals surface area contributed by atoms with Crippen LogP contribution in [0.5, 0.6) is 0 Å². The zero-order chi connectivity index (χ0) is 15.2. The molecule has 21 heavy (non-hydrogen) atoms. The quantitative estimate of drug-likeness (QED) is 0.631. The van der Waals surface area contributed by atoms with Gasteiger partial charge in [0.15, 0.2) is 0 Å². The van der Waals surface area contributed by atoms with Gasteiger partial charge in [-0.1, -0.05) is 20.8 Å². The van der Waals surface area contributed by atoms with Crippen molar-refractivity contribution in [2.45, 2.75) is 51.1 Å². The molecule has 1 atom stereocenters. The van der Waals surface area contributed by atoms with Crippen molar-refractivity contribution in [2.75, 3.05) is 0 Å². The molecule has 1 aliphatic rings. The highest BCUT2D eigenvalue weighted by Crippen LogP contribution is 2.40. The molecule has 1 fully saturated rings. The number of hydrogen-bond acceptors (Lipinski definition) is 4. The molecule has 3 rings (SSSR count). The Morgan fingerprint density at radius 3 is 2.52 bits per heavy atom. The topological polar surface area (TPSA) is 24.9 Å². The SMILES string of the molecule is CC(C)(C)c1csc(C(NC2CC2)c2cc(Br)c(Br)s2)n1. The van der Waals surface area contributed by atoms with Crippen molar-refractivity contribution in [3.05, 3.63) is 35.3 Å².